The van der Waals surface area contributed by atoms with Gasteiger partial charge in [-0.25, -0.2) is 4.79 Å². The number of anilines is 1. The Kier molecular flexibility index (Phi) is 7.50. The molecule has 33 heavy (non-hydrogen) atoms. The Morgan fingerprint density at radius 3 is 2.42 bits per heavy atom. The number of esters is 1. The molecular weight excluding hydrogens is 430 g/mol. The minimum atomic E-state index is -0.712. The molecule has 2 aromatic carbocycles. The number of hydrogen-bond donors (Lipinski definition) is 1. The molecule has 0 radical (unpaired) electrons. The predicted octanol–water partition coefficient (Wildman–Crippen LogP) is 3.71. The highest BCUT2D eigenvalue weighted by Gasteiger charge is 2.21. The number of benzene rings is 2. The maximum atomic E-state index is 12.8. The SMILES string of the molecule is COc1cccc(-c2noc(COC(=O)c3cc(OC)c(OC)cc3NC(=O)C(C)C)n2)c1. The summed E-state index contributed by atoms with van der Waals surface area (Å²) in [5.41, 5.74) is 1.02. The minimum absolute atomic E-state index is 0.0918. The molecule has 0 saturated heterocycles. The summed E-state index contributed by atoms with van der Waals surface area (Å²) in [5, 5.41) is 6.63. The fourth-order valence-corrected chi connectivity index (χ4v) is 2.83. The number of carbonyl (C=O) groups is 2. The van der Waals surface area contributed by atoms with Gasteiger partial charge in [0.1, 0.15) is 5.75 Å². The zero-order valence-corrected chi connectivity index (χ0v) is 19.0. The lowest BCUT2D eigenvalue weighted by molar-refractivity contribution is -0.118. The molecule has 0 atom stereocenters. The highest BCUT2D eigenvalue weighted by molar-refractivity contribution is 6.02. The molecule has 10 heteroatoms. The average Bonchev–Trinajstić information content (AvgIpc) is 3.31. The summed E-state index contributed by atoms with van der Waals surface area (Å²) in [7, 11) is 4.46. The Morgan fingerprint density at radius 2 is 1.76 bits per heavy atom. The van der Waals surface area contributed by atoms with Gasteiger partial charge in [-0.05, 0) is 12.1 Å². The molecule has 1 N–H and O–H groups in total. The van der Waals surface area contributed by atoms with Gasteiger partial charge in [-0.1, -0.05) is 31.1 Å². The third-order valence-corrected chi connectivity index (χ3v) is 4.65. The van der Waals surface area contributed by atoms with E-state index in [2.05, 4.69) is 15.5 Å². The molecule has 0 aliphatic rings. The predicted molar refractivity (Wildman–Crippen MR) is 118 cm³/mol. The molecule has 1 heterocycles. The van der Waals surface area contributed by atoms with E-state index < -0.39 is 5.97 Å². The van der Waals surface area contributed by atoms with Crippen LogP contribution in [0.25, 0.3) is 11.4 Å². The lowest BCUT2D eigenvalue weighted by Crippen LogP contribution is -2.20. The number of rotatable bonds is 9. The van der Waals surface area contributed by atoms with Crippen LogP contribution in [0.5, 0.6) is 17.2 Å². The zero-order valence-electron chi connectivity index (χ0n) is 19.0. The Bertz CT molecular complexity index is 1140. The van der Waals surface area contributed by atoms with Crippen molar-refractivity contribution in [2.45, 2.75) is 20.5 Å². The zero-order chi connectivity index (χ0) is 24.0. The number of methoxy groups -OCH3 is 3. The van der Waals surface area contributed by atoms with E-state index in [9.17, 15) is 9.59 Å². The van der Waals surface area contributed by atoms with Crippen molar-refractivity contribution in [1.82, 2.24) is 10.1 Å². The van der Waals surface area contributed by atoms with E-state index in [4.69, 9.17) is 23.5 Å². The second-order valence-corrected chi connectivity index (χ2v) is 7.22. The number of aromatic nitrogens is 2. The number of nitrogens with one attached hydrogen (secondary N) is 1. The Balaban J connectivity index is 1.79. The smallest absolute Gasteiger partial charge is 0.340 e. The fraction of sp³-hybridized carbons (Fsp3) is 0.304. The maximum absolute atomic E-state index is 12.8. The summed E-state index contributed by atoms with van der Waals surface area (Å²) in [4.78, 5) is 29.3. The summed E-state index contributed by atoms with van der Waals surface area (Å²) < 4.78 is 26.3. The lowest BCUT2D eigenvalue weighted by Gasteiger charge is -2.15. The molecule has 0 aliphatic heterocycles. The van der Waals surface area contributed by atoms with Gasteiger partial charge in [-0.3, -0.25) is 4.79 Å². The van der Waals surface area contributed by atoms with Crippen LogP contribution in [0.2, 0.25) is 0 Å². The monoisotopic (exact) mass is 455 g/mol. The van der Waals surface area contributed by atoms with E-state index in [0.717, 1.165) is 0 Å². The van der Waals surface area contributed by atoms with E-state index in [1.165, 1.54) is 26.4 Å². The highest BCUT2D eigenvalue weighted by Crippen LogP contribution is 2.34. The molecule has 174 valence electrons. The molecule has 0 saturated carbocycles. The van der Waals surface area contributed by atoms with Crippen molar-refractivity contribution in [3.63, 3.8) is 0 Å². The molecule has 0 spiro atoms. The number of carbonyl (C=O) groups excluding carboxylic acids is 2. The van der Waals surface area contributed by atoms with Crippen LogP contribution in [0.15, 0.2) is 40.9 Å². The Hall–Kier alpha value is -4.08. The standard InChI is InChI=1S/C23H25N3O7/c1-13(2)22(27)24-17-11-19(31-5)18(30-4)10-16(17)23(28)32-12-20-25-21(26-33-20)14-7-6-8-15(9-14)29-3/h6-11,13H,12H2,1-5H3,(H,24,27). The Labute approximate surface area is 190 Å². The number of nitrogens with zero attached hydrogens (tertiary/aromatic N) is 2. The normalized spacial score (nSPS) is 10.6. The van der Waals surface area contributed by atoms with Gasteiger partial charge in [0.05, 0.1) is 32.6 Å². The van der Waals surface area contributed by atoms with Gasteiger partial charge in [0, 0.05) is 23.6 Å². The van der Waals surface area contributed by atoms with Crippen LogP contribution in [0.3, 0.4) is 0 Å². The van der Waals surface area contributed by atoms with Crippen LogP contribution < -0.4 is 19.5 Å². The first-order valence-corrected chi connectivity index (χ1v) is 10.1. The highest BCUT2D eigenvalue weighted by atomic mass is 16.6. The average molecular weight is 455 g/mol. The van der Waals surface area contributed by atoms with Crippen molar-refractivity contribution in [3.8, 4) is 28.6 Å². The van der Waals surface area contributed by atoms with E-state index in [1.54, 1.807) is 45.2 Å². The summed E-state index contributed by atoms with van der Waals surface area (Å²) >= 11 is 0. The van der Waals surface area contributed by atoms with Gasteiger partial charge in [0.15, 0.2) is 18.1 Å². The number of ether oxygens (including phenoxy) is 4. The van der Waals surface area contributed by atoms with Crippen molar-refractivity contribution in [2.75, 3.05) is 26.6 Å². The molecule has 3 aromatic rings. The van der Waals surface area contributed by atoms with Crippen LogP contribution in [0.1, 0.15) is 30.1 Å². The molecule has 1 aromatic heterocycles. The first-order chi connectivity index (χ1) is 15.9. The van der Waals surface area contributed by atoms with Gasteiger partial charge in [0.2, 0.25) is 11.7 Å². The number of amides is 1. The third kappa shape index (κ3) is 5.59. The van der Waals surface area contributed by atoms with E-state index in [-0.39, 0.29) is 35.6 Å². The van der Waals surface area contributed by atoms with Crippen LogP contribution in [-0.4, -0.2) is 43.3 Å². The summed E-state index contributed by atoms with van der Waals surface area (Å²) in [6.45, 7) is 3.22. The molecular formula is C23H25N3O7. The van der Waals surface area contributed by atoms with Gasteiger partial charge < -0.3 is 28.8 Å². The van der Waals surface area contributed by atoms with Gasteiger partial charge in [-0.15, -0.1) is 0 Å². The summed E-state index contributed by atoms with van der Waals surface area (Å²) in [6, 6.07) is 10.1. The summed E-state index contributed by atoms with van der Waals surface area (Å²) in [5.74, 6) is 0.473. The van der Waals surface area contributed by atoms with Crippen LogP contribution in [0.4, 0.5) is 5.69 Å². The summed E-state index contributed by atoms with van der Waals surface area (Å²) in [6.07, 6.45) is 0. The molecule has 0 unspecified atom stereocenters. The molecule has 3 rings (SSSR count). The molecule has 10 nitrogen and oxygen atoms in total. The van der Waals surface area contributed by atoms with E-state index >= 15 is 0 Å². The van der Waals surface area contributed by atoms with E-state index in [1.807, 2.05) is 0 Å². The largest absolute Gasteiger partial charge is 0.497 e. The van der Waals surface area contributed by atoms with Crippen molar-refractivity contribution >= 4 is 17.6 Å². The van der Waals surface area contributed by atoms with Crippen LogP contribution in [0, 0.1) is 5.92 Å². The topological polar surface area (TPSA) is 122 Å². The van der Waals surface area contributed by atoms with Crippen molar-refractivity contribution in [2.24, 2.45) is 5.92 Å². The van der Waals surface area contributed by atoms with Crippen molar-refractivity contribution in [3.05, 3.63) is 47.9 Å². The number of hydrogen-bond acceptors (Lipinski definition) is 9. The van der Waals surface area contributed by atoms with Crippen LogP contribution >= 0.6 is 0 Å². The molecule has 1 amide bonds. The Morgan fingerprint density at radius 1 is 1.03 bits per heavy atom. The fourth-order valence-electron chi connectivity index (χ4n) is 2.83. The first-order valence-electron chi connectivity index (χ1n) is 10.1. The van der Waals surface area contributed by atoms with Gasteiger partial charge in [-0.2, -0.15) is 4.98 Å². The molecule has 0 aliphatic carbocycles. The lowest BCUT2D eigenvalue weighted by atomic mass is 10.1. The molecule has 0 fully saturated rings. The third-order valence-electron chi connectivity index (χ3n) is 4.65. The second kappa shape index (κ2) is 10.5. The quantitative estimate of drug-likeness (QED) is 0.481. The van der Waals surface area contributed by atoms with Crippen molar-refractivity contribution in [1.29, 1.82) is 0 Å². The van der Waals surface area contributed by atoms with E-state index in [0.29, 0.717) is 28.6 Å². The van der Waals surface area contributed by atoms with Crippen molar-refractivity contribution < 1.29 is 33.1 Å². The van der Waals surface area contributed by atoms with Gasteiger partial charge in [0.25, 0.3) is 5.89 Å². The molecule has 0 bridgehead atoms. The minimum Gasteiger partial charge on any atom is -0.497 e. The first kappa shape index (κ1) is 23.6. The maximum Gasteiger partial charge on any atom is 0.340 e. The second-order valence-electron chi connectivity index (χ2n) is 7.22. The van der Waals surface area contributed by atoms with Crippen LogP contribution in [-0.2, 0) is 16.1 Å². The van der Waals surface area contributed by atoms with Gasteiger partial charge >= 0.3 is 5.97 Å².